The molecule has 0 heterocycles. The highest BCUT2D eigenvalue weighted by Gasteiger charge is 2.43. The first-order valence-electron chi connectivity index (χ1n) is 5.86. The van der Waals surface area contributed by atoms with Gasteiger partial charge in [-0.2, -0.15) is 8.78 Å². The number of Topliss-reactive ketones (excluding diaryl/α,β-unsaturated/α-hetero) is 1. The van der Waals surface area contributed by atoms with Gasteiger partial charge in [0.25, 0.3) is 0 Å². The maximum atomic E-state index is 13.7. The van der Waals surface area contributed by atoms with Crippen LogP contribution in [0.3, 0.4) is 0 Å². The molecule has 0 radical (unpaired) electrons. The zero-order chi connectivity index (χ0) is 14.4. The Balaban J connectivity index is 4.70. The van der Waals surface area contributed by atoms with Gasteiger partial charge in [0.05, 0.1) is 0 Å². The second-order valence-electron chi connectivity index (χ2n) is 4.15. The van der Waals surface area contributed by atoms with Gasteiger partial charge in [0.1, 0.15) is 6.16 Å². The lowest BCUT2D eigenvalue weighted by molar-refractivity contribution is -0.143. The molecule has 0 unspecified atom stereocenters. The standard InChI is InChI=1S/C11H21F2O4P/c1-5-9(6-2)7-11(12,13)10(14)8-18(15,16-3)17-4/h9H,5-8H2,1-4H3. The van der Waals surface area contributed by atoms with Crippen molar-refractivity contribution in [3.63, 3.8) is 0 Å². The molecular weight excluding hydrogens is 265 g/mol. The number of ketones is 1. The smallest absolute Gasteiger partial charge is 0.312 e. The summed E-state index contributed by atoms with van der Waals surface area (Å²) >= 11 is 0. The Morgan fingerprint density at radius 1 is 1.22 bits per heavy atom. The van der Waals surface area contributed by atoms with Crippen LogP contribution in [0.25, 0.3) is 0 Å². The molecular formula is C11H21F2O4P. The summed E-state index contributed by atoms with van der Waals surface area (Å²) < 4.78 is 47.9. The topological polar surface area (TPSA) is 52.6 Å². The van der Waals surface area contributed by atoms with Gasteiger partial charge in [-0.3, -0.25) is 9.36 Å². The molecule has 0 aromatic heterocycles. The minimum absolute atomic E-state index is 0.228. The maximum Gasteiger partial charge on any atom is 0.337 e. The third-order valence-corrected chi connectivity index (χ3v) is 4.79. The van der Waals surface area contributed by atoms with Gasteiger partial charge in [-0.05, 0) is 5.92 Å². The van der Waals surface area contributed by atoms with E-state index in [0.717, 1.165) is 14.2 Å². The molecule has 108 valence electrons. The number of rotatable bonds is 9. The van der Waals surface area contributed by atoms with E-state index in [9.17, 15) is 18.1 Å². The Labute approximate surface area is 107 Å². The monoisotopic (exact) mass is 286 g/mol. The highest BCUT2D eigenvalue weighted by molar-refractivity contribution is 7.54. The average Bonchev–Trinajstić information content (AvgIpc) is 2.35. The van der Waals surface area contributed by atoms with Crippen molar-refractivity contribution >= 4 is 13.4 Å². The van der Waals surface area contributed by atoms with Crippen LogP contribution in [0, 0.1) is 5.92 Å². The quantitative estimate of drug-likeness (QED) is 0.609. The summed E-state index contributed by atoms with van der Waals surface area (Å²) in [7, 11) is -1.59. The number of carbonyl (C=O) groups is 1. The molecule has 0 aliphatic rings. The van der Waals surface area contributed by atoms with E-state index in [0.29, 0.717) is 12.8 Å². The van der Waals surface area contributed by atoms with Crippen LogP contribution < -0.4 is 0 Å². The van der Waals surface area contributed by atoms with Crippen LogP contribution in [0.15, 0.2) is 0 Å². The largest absolute Gasteiger partial charge is 0.337 e. The lowest BCUT2D eigenvalue weighted by Crippen LogP contribution is -2.33. The van der Waals surface area contributed by atoms with E-state index in [4.69, 9.17) is 0 Å². The lowest BCUT2D eigenvalue weighted by atomic mass is 9.94. The molecule has 0 aromatic carbocycles. The predicted molar refractivity (Wildman–Crippen MR) is 65.1 cm³/mol. The zero-order valence-electron chi connectivity index (χ0n) is 11.2. The van der Waals surface area contributed by atoms with Crippen molar-refractivity contribution in [2.45, 2.75) is 39.0 Å². The first-order chi connectivity index (χ1) is 8.24. The molecule has 0 N–H and O–H groups in total. The van der Waals surface area contributed by atoms with Gasteiger partial charge in [0.2, 0.25) is 5.78 Å². The van der Waals surface area contributed by atoms with Gasteiger partial charge in [-0.25, -0.2) is 0 Å². The normalized spacial score (nSPS) is 13.1. The molecule has 0 aliphatic heterocycles. The number of hydrogen-bond acceptors (Lipinski definition) is 4. The van der Waals surface area contributed by atoms with Crippen LogP contribution in [-0.4, -0.2) is 32.1 Å². The molecule has 0 spiro atoms. The van der Waals surface area contributed by atoms with Gasteiger partial charge < -0.3 is 9.05 Å². The summed E-state index contributed by atoms with van der Waals surface area (Å²) in [5.74, 6) is -5.10. The molecule has 4 nitrogen and oxygen atoms in total. The lowest BCUT2D eigenvalue weighted by Gasteiger charge is -2.22. The highest BCUT2D eigenvalue weighted by Crippen LogP contribution is 2.47. The third-order valence-electron chi connectivity index (χ3n) is 3.00. The second kappa shape index (κ2) is 7.31. The molecule has 0 atom stereocenters. The molecule has 18 heavy (non-hydrogen) atoms. The summed E-state index contributed by atoms with van der Waals surface area (Å²) in [6.45, 7) is 3.59. The Morgan fingerprint density at radius 3 is 2.00 bits per heavy atom. The molecule has 0 amide bonds. The minimum atomic E-state index is -3.72. The van der Waals surface area contributed by atoms with Crippen LogP contribution >= 0.6 is 7.60 Å². The third kappa shape index (κ3) is 5.12. The molecule has 7 heteroatoms. The Kier molecular flexibility index (Phi) is 7.18. The first-order valence-corrected chi connectivity index (χ1v) is 7.59. The highest BCUT2D eigenvalue weighted by atomic mass is 31.2. The summed E-state index contributed by atoms with van der Waals surface area (Å²) in [5.41, 5.74) is 0. The fourth-order valence-corrected chi connectivity index (χ4v) is 2.54. The number of carbonyl (C=O) groups excluding carboxylic acids is 1. The zero-order valence-corrected chi connectivity index (χ0v) is 12.1. The molecule has 0 bridgehead atoms. The van der Waals surface area contributed by atoms with Crippen LogP contribution in [-0.2, 0) is 18.4 Å². The van der Waals surface area contributed by atoms with E-state index >= 15 is 0 Å². The van der Waals surface area contributed by atoms with Crippen molar-refractivity contribution in [3.05, 3.63) is 0 Å². The van der Waals surface area contributed by atoms with E-state index in [1.165, 1.54) is 0 Å². The molecule has 0 rings (SSSR count). The van der Waals surface area contributed by atoms with E-state index in [2.05, 4.69) is 9.05 Å². The Morgan fingerprint density at radius 2 is 1.67 bits per heavy atom. The van der Waals surface area contributed by atoms with E-state index in [-0.39, 0.29) is 5.92 Å². The van der Waals surface area contributed by atoms with E-state index < -0.39 is 31.9 Å². The van der Waals surface area contributed by atoms with Gasteiger partial charge >= 0.3 is 13.5 Å². The number of halogens is 2. The maximum absolute atomic E-state index is 13.7. The van der Waals surface area contributed by atoms with Gasteiger partial charge in [0, 0.05) is 20.6 Å². The van der Waals surface area contributed by atoms with Gasteiger partial charge in [-0.1, -0.05) is 26.7 Å². The van der Waals surface area contributed by atoms with Crippen molar-refractivity contribution in [1.82, 2.24) is 0 Å². The Bertz CT molecular complexity index is 308. The summed E-state index contributed by atoms with van der Waals surface area (Å²) in [5, 5.41) is 0. The van der Waals surface area contributed by atoms with Crippen molar-refractivity contribution in [3.8, 4) is 0 Å². The molecule has 0 saturated carbocycles. The van der Waals surface area contributed by atoms with Crippen LogP contribution in [0.2, 0.25) is 0 Å². The van der Waals surface area contributed by atoms with E-state index in [1.807, 2.05) is 0 Å². The number of hydrogen-bond donors (Lipinski definition) is 0. The average molecular weight is 286 g/mol. The van der Waals surface area contributed by atoms with Crippen molar-refractivity contribution in [2.75, 3.05) is 20.4 Å². The van der Waals surface area contributed by atoms with Gasteiger partial charge in [0.15, 0.2) is 0 Å². The molecule has 0 saturated heterocycles. The minimum Gasteiger partial charge on any atom is -0.312 e. The first kappa shape index (κ1) is 17.7. The molecule has 0 fully saturated rings. The fourth-order valence-electron chi connectivity index (χ4n) is 1.55. The Hall–Kier alpha value is -0.320. The fraction of sp³-hybridized carbons (Fsp3) is 0.909. The van der Waals surface area contributed by atoms with E-state index in [1.54, 1.807) is 13.8 Å². The number of alkyl halides is 2. The summed E-state index contributed by atoms with van der Waals surface area (Å²) in [4.78, 5) is 11.5. The molecule has 0 aliphatic carbocycles. The SMILES string of the molecule is CCC(CC)CC(F)(F)C(=O)CP(=O)(OC)OC. The van der Waals surface area contributed by atoms with Crippen molar-refractivity contribution in [2.24, 2.45) is 5.92 Å². The van der Waals surface area contributed by atoms with Gasteiger partial charge in [-0.15, -0.1) is 0 Å². The summed E-state index contributed by atoms with van der Waals surface area (Å²) in [6.07, 6.45) is -0.267. The predicted octanol–water partition coefficient (Wildman–Crippen LogP) is 3.50. The van der Waals surface area contributed by atoms with Crippen molar-refractivity contribution in [1.29, 1.82) is 0 Å². The molecule has 0 aromatic rings. The summed E-state index contributed by atoms with van der Waals surface area (Å²) in [6, 6.07) is 0. The van der Waals surface area contributed by atoms with Crippen LogP contribution in [0.1, 0.15) is 33.1 Å². The van der Waals surface area contributed by atoms with Crippen LogP contribution in [0.5, 0.6) is 0 Å². The van der Waals surface area contributed by atoms with Crippen LogP contribution in [0.4, 0.5) is 8.78 Å². The second-order valence-corrected chi connectivity index (χ2v) is 6.42. The van der Waals surface area contributed by atoms with Crippen molar-refractivity contribution < 1.29 is 27.2 Å².